The van der Waals surface area contributed by atoms with E-state index in [1.165, 1.54) is 7.11 Å². The molecule has 0 fully saturated rings. The van der Waals surface area contributed by atoms with Crippen LogP contribution < -0.4 is 4.74 Å². The van der Waals surface area contributed by atoms with Gasteiger partial charge in [0.15, 0.2) is 11.6 Å². The maximum Gasteiger partial charge on any atom is 0.172 e. The first-order chi connectivity index (χ1) is 8.79. The topological polar surface area (TPSA) is 26.5 Å². The first-order valence-corrected chi connectivity index (χ1v) is 5.56. The predicted octanol–water partition coefficient (Wildman–Crippen LogP) is 3.15. The second-order valence-electron chi connectivity index (χ2n) is 3.94. The lowest BCUT2D eigenvalue weighted by Crippen LogP contribution is -1.92. The van der Waals surface area contributed by atoms with Gasteiger partial charge in [0.25, 0.3) is 0 Å². The minimum Gasteiger partial charge on any atom is -0.494 e. The van der Waals surface area contributed by atoms with E-state index < -0.39 is 0 Å². The van der Waals surface area contributed by atoms with Gasteiger partial charge in [-0.1, -0.05) is 12.1 Å². The standard InChI is InChI=1S/C14H11FN2O/c1-18-13-4-2-3-12(14(13)15)10-6-8-17-11(9-10)5-7-16-17/h2-9H,1H3. The maximum absolute atomic E-state index is 14.1. The molecule has 0 bridgehead atoms. The number of hydrogen-bond acceptors (Lipinski definition) is 2. The van der Waals surface area contributed by atoms with Crippen LogP contribution in [-0.4, -0.2) is 16.7 Å². The van der Waals surface area contributed by atoms with Crippen molar-refractivity contribution in [3.63, 3.8) is 0 Å². The summed E-state index contributed by atoms with van der Waals surface area (Å²) in [5.74, 6) is -0.0928. The van der Waals surface area contributed by atoms with Gasteiger partial charge in [-0.3, -0.25) is 0 Å². The Morgan fingerprint density at radius 2 is 2.11 bits per heavy atom. The summed E-state index contributed by atoms with van der Waals surface area (Å²) in [5, 5.41) is 4.11. The molecule has 0 spiro atoms. The number of hydrogen-bond donors (Lipinski definition) is 0. The Hall–Kier alpha value is -2.36. The van der Waals surface area contributed by atoms with Gasteiger partial charge in [-0.25, -0.2) is 8.91 Å². The van der Waals surface area contributed by atoms with Crippen molar-refractivity contribution in [2.75, 3.05) is 7.11 Å². The number of nitrogens with zero attached hydrogens (tertiary/aromatic N) is 2. The van der Waals surface area contributed by atoms with Crippen LogP contribution in [0.25, 0.3) is 16.6 Å². The zero-order chi connectivity index (χ0) is 12.5. The summed E-state index contributed by atoms with van der Waals surface area (Å²) in [6.45, 7) is 0. The Kier molecular flexibility index (Phi) is 2.48. The molecule has 3 rings (SSSR count). The fourth-order valence-electron chi connectivity index (χ4n) is 1.98. The monoisotopic (exact) mass is 242 g/mol. The van der Waals surface area contributed by atoms with Crippen LogP contribution in [0.2, 0.25) is 0 Å². The van der Waals surface area contributed by atoms with Crippen molar-refractivity contribution in [3.05, 3.63) is 54.6 Å². The molecule has 0 aliphatic heterocycles. The first-order valence-electron chi connectivity index (χ1n) is 5.56. The fourth-order valence-corrected chi connectivity index (χ4v) is 1.98. The maximum atomic E-state index is 14.1. The summed E-state index contributed by atoms with van der Waals surface area (Å²) in [6, 6.07) is 10.7. The summed E-state index contributed by atoms with van der Waals surface area (Å²) in [4.78, 5) is 0. The summed E-state index contributed by atoms with van der Waals surface area (Å²) >= 11 is 0. The van der Waals surface area contributed by atoms with Crippen LogP contribution in [0.5, 0.6) is 5.75 Å². The molecule has 0 unspecified atom stereocenters. The number of methoxy groups -OCH3 is 1. The van der Waals surface area contributed by atoms with Gasteiger partial charge < -0.3 is 4.74 Å². The van der Waals surface area contributed by atoms with Gasteiger partial charge in [-0.05, 0) is 29.8 Å². The van der Waals surface area contributed by atoms with Crippen LogP contribution in [0.15, 0.2) is 48.8 Å². The molecule has 18 heavy (non-hydrogen) atoms. The number of benzene rings is 1. The first kappa shape index (κ1) is 10.8. The van der Waals surface area contributed by atoms with Crippen molar-refractivity contribution in [1.29, 1.82) is 0 Å². The number of aromatic nitrogens is 2. The van der Waals surface area contributed by atoms with Crippen LogP contribution in [0.4, 0.5) is 4.39 Å². The number of pyridine rings is 1. The van der Waals surface area contributed by atoms with Gasteiger partial charge in [0.05, 0.1) is 12.6 Å². The molecule has 3 aromatic rings. The summed E-state index contributed by atoms with van der Waals surface area (Å²) in [5.41, 5.74) is 2.26. The predicted molar refractivity (Wildman–Crippen MR) is 67.1 cm³/mol. The third-order valence-electron chi connectivity index (χ3n) is 2.89. The Balaban J connectivity index is 2.19. The van der Waals surface area contributed by atoms with Gasteiger partial charge in [0.2, 0.25) is 0 Å². The molecular formula is C14H11FN2O. The SMILES string of the molecule is COc1cccc(-c2ccn3nccc3c2)c1F. The largest absolute Gasteiger partial charge is 0.494 e. The van der Waals surface area contributed by atoms with Crippen molar-refractivity contribution >= 4 is 5.52 Å². The van der Waals surface area contributed by atoms with Crippen molar-refractivity contribution in [3.8, 4) is 16.9 Å². The lowest BCUT2D eigenvalue weighted by Gasteiger charge is -2.07. The molecule has 3 nitrogen and oxygen atoms in total. The van der Waals surface area contributed by atoms with E-state index in [2.05, 4.69) is 5.10 Å². The smallest absolute Gasteiger partial charge is 0.172 e. The summed E-state index contributed by atoms with van der Waals surface area (Å²) in [6.07, 6.45) is 3.52. The number of fused-ring (bicyclic) bond motifs is 1. The van der Waals surface area contributed by atoms with Crippen molar-refractivity contribution in [2.45, 2.75) is 0 Å². The highest BCUT2D eigenvalue weighted by Gasteiger charge is 2.10. The van der Waals surface area contributed by atoms with Gasteiger partial charge in [-0.2, -0.15) is 5.10 Å². The number of ether oxygens (including phenoxy) is 1. The average molecular weight is 242 g/mol. The molecular weight excluding hydrogens is 231 g/mol. The van der Waals surface area contributed by atoms with Crippen LogP contribution >= 0.6 is 0 Å². The highest BCUT2D eigenvalue weighted by Crippen LogP contribution is 2.29. The Morgan fingerprint density at radius 1 is 1.22 bits per heavy atom. The van der Waals surface area contributed by atoms with Crippen LogP contribution in [0.3, 0.4) is 0 Å². The average Bonchev–Trinajstić information content (AvgIpc) is 2.86. The van der Waals surface area contributed by atoms with E-state index in [0.717, 1.165) is 11.1 Å². The minimum absolute atomic E-state index is 0.251. The molecule has 0 saturated heterocycles. The van der Waals surface area contributed by atoms with E-state index in [1.54, 1.807) is 28.9 Å². The van der Waals surface area contributed by atoms with Crippen LogP contribution in [0, 0.1) is 5.82 Å². The summed E-state index contributed by atoms with van der Waals surface area (Å²) in [7, 11) is 1.46. The van der Waals surface area contributed by atoms with E-state index in [4.69, 9.17) is 4.74 Å². The van der Waals surface area contributed by atoms with Gasteiger partial charge in [-0.15, -0.1) is 0 Å². The van der Waals surface area contributed by atoms with Gasteiger partial charge >= 0.3 is 0 Å². The van der Waals surface area contributed by atoms with Crippen molar-refractivity contribution in [2.24, 2.45) is 0 Å². The van der Waals surface area contributed by atoms with Crippen LogP contribution in [0.1, 0.15) is 0 Å². The lowest BCUT2D eigenvalue weighted by atomic mass is 10.1. The van der Waals surface area contributed by atoms with Gasteiger partial charge in [0.1, 0.15) is 0 Å². The molecule has 90 valence electrons. The second kappa shape index (κ2) is 4.14. The van der Waals surface area contributed by atoms with Crippen molar-refractivity contribution < 1.29 is 9.13 Å². The van der Waals surface area contributed by atoms with E-state index in [9.17, 15) is 4.39 Å². The second-order valence-corrected chi connectivity index (χ2v) is 3.94. The molecule has 0 N–H and O–H groups in total. The molecule has 0 amide bonds. The van der Waals surface area contributed by atoms with Crippen molar-refractivity contribution in [1.82, 2.24) is 9.61 Å². The fraction of sp³-hybridized carbons (Fsp3) is 0.0714. The molecule has 4 heteroatoms. The molecule has 0 radical (unpaired) electrons. The molecule has 2 aromatic heterocycles. The normalized spacial score (nSPS) is 10.8. The minimum atomic E-state index is -0.344. The molecule has 0 atom stereocenters. The third-order valence-corrected chi connectivity index (χ3v) is 2.89. The molecule has 0 aliphatic carbocycles. The third kappa shape index (κ3) is 1.62. The zero-order valence-electron chi connectivity index (χ0n) is 9.80. The van der Waals surface area contributed by atoms with Crippen LogP contribution in [-0.2, 0) is 0 Å². The quantitative estimate of drug-likeness (QED) is 0.690. The molecule has 2 heterocycles. The lowest BCUT2D eigenvalue weighted by molar-refractivity contribution is 0.387. The van der Waals surface area contributed by atoms with E-state index in [1.807, 2.05) is 24.4 Å². The Bertz CT molecular complexity index is 706. The Labute approximate surface area is 103 Å². The molecule has 1 aromatic carbocycles. The highest BCUT2D eigenvalue weighted by atomic mass is 19.1. The van der Waals surface area contributed by atoms with E-state index in [-0.39, 0.29) is 11.6 Å². The highest BCUT2D eigenvalue weighted by molar-refractivity contribution is 5.70. The van der Waals surface area contributed by atoms with Gasteiger partial charge in [0, 0.05) is 18.0 Å². The summed E-state index contributed by atoms with van der Waals surface area (Å²) < 4.78 is 20.9. The van der Waals surface area contributed by atoms with E-state index >= 15 is 0 Å². The Morgan fingerprint density at radius 3 is 2.94 bits per heavy atom. The number of rotatable bonds is 2. The molecule has 0 saturated carbocycles. The van der Waals surface area contributed by atoms with E-state index in [0.29, 0.717) is 5.56 Å². The number of halogens is 1. The molecule has 0 aliphatic rings. The zero-order valence-corrected chi connectivity index (χ0v) is 9.80.